The number of terminal acetylenes is 1. The molecule has 0 atom stereocenters. The standard InChI is InChI=1S/C12H19NS.C2H2/c1-3-4-9-14-10-11-7-5-6-8-12(11)13-2;1-2/h5-8,13H,3-4,9-10H2,1-2H3;1-2H/p+1. The van der Waals surface area contributed by atoms with Crippen molar-refractivity contribution < 1.29 is 0 Å². The van der Waals surface area contributed by atoms with Gasteiger partial charge in [-0.1, -0.05) is 31.5 Å². The molecule has 0 radical (unpaired) electrons. The predicted molar refractivity (Wildman–Crippen MR) is 78.1 cm³/mol. The van der Waals surface area contributed by atoms with E-state index < -0.39 is 0 Å². The highest BCUT2D eigenvalue weighted by Gasteiger charge is 2.03. The van der Waals surface area contributed by atoms with Crippen LogP contribution in [0.4, 0.5) is 5.69 Å². The van der Waals surface area contributed by atoms with E-state index in [2.05, 4.69) is 49.4 Å². The third-order valence-electron chi connectivity index (χ3n) is 2.24. The van der Waals surface area contributed by atoms with Crippen LogP contribution in [0, 0.1) is 12.8 Å². The van der Waals surface area contributed by atoms with Crippen molar-refractivity contribution in [3.8, 4) is 12.8 Å². The lowest BCUT2D eigenvalue weighted by atomic mass is 10.2. The van der Waals surface area contributed by atoms with Gasteiger partial charge in [0, 0.05) is 18.3 Å². The summed E-state index contributed by atoms with van der Waals surface area (Å²) < 4.78 is 0. The minimum Gasteiger partial charge on any atom is -0.388 e. The summed E-state index contributed by atoms with van der Waals surface area (Å²) in [6, 6.07) is 8.55. The number of rotatable bonds is 6. The average molecular weight is 236 g/mol. The van der Waals surface area contributed by atoms with E-state index in [1.54, 1.807) is 11.8 Å². The molecule has 0 bridgehead atoms. The molecule has 0 fully saturated rings. The first kappa shape index (κ1) is 14.9. The van der Waals surface area contributed by atoms with Crippen molar-refractivity contribution in [2.75, 3.05) is 18.1 Å². The van der Waals surface area contributed by atoms with E-state index in [1.807, 2.05) is 7.05 Å². The molecule has 0 amide bonds. The van der Waals surface area contributed by atoms with E-state index in [4.69, 9.17) is 0 Å². The van der Waals surface area contributed by atoms with Crippen molar-refractivity contribution in [2.24, 2.45) is 0 Å². The molecule has 0 aliphatic heterocycles. The van der Waals surface area contributed by atoms with Gasteiger partial charge in [0.05, 0.1) is 0 Å². The number of unbranched alkanes of at least 4 members (excludes halogenated alkanes) is 1. The summed E-state index contributed by atoms with van der Waals surface area (Å²) >= 11 is 1.55. The fourth-order valence-electron chi connectivity index (χ4n) is 1.37. The summed E-state index contributed by atoms with van der Waals surface area (Å²) in [6.45, 7) is 2.25. The molecule has 16 heavy (non-hydrogen) atoms. The van der Waals surface area contributed by atoms with E-state index in [0.29, 0.717) is 0 Å². The molecule has 0 saturated heterocycles. The molecule has 0 saturated carbocycles. The second kappa shape index (κ2) is 10.4. The maximum atomic E-state index is 4.00. The molecule has 0 unspecified atom stereocenters. The highest BCUT2D eigenvalue weighted by molar-refractivity contribution is 7.77. The number of para-hydroxylation sites is 1. The summed E-state index contributed by atoms with van der Waals surface area (Å²) in [5, 5.41) is 3.23. The zero-order chi connectivity index (χ0) is 12.2. The number of hydrogen-bond donors (Lipinski definition) is 1. The van der Waals surface area contributed by atoms with Gasteiger partial charge in [0.1, 0.15) is 11.5 Å². The van der Waals surface area contributed by atoms with Crippen LogP contribution in [-0.4, -0.2) is 12.8 Å². The van der Waals surface area contributed by atoms with Gasteiger partial charge in [0.2, 0.25) is 0 Å². The maximum Gasteiger partial charge on any atom is 0.132 e. The number of hydrogen-bond acceptors (Lipinski definition) is 1. The molecular weight excluding hydrogens is 214 g/mol. The summed E-state index contributed by atoms with van der Waals surface area (Å²) in [5.41, 5.74) is 2.71. The summed E-state index contributed by atoms with van der Waals surface area (Å²) in [4.78, 5) is 0. The Bertz CT molecular complexity index is 294. The lowest BCUT2D eigenvalue weighted by Crippen LogP contribution is -1.98. The van der Waals surface area contributed by atoms with Crippen LogP contribution in [0.15, 0.2) is 24.3 Å². The largest absolute Gasteiger partial charge is 0.388 e. The van der Waals surface area contributed by atoms with Crippen LogP contribution in [-0.2, 0) is 17.5 Å². The lowest BCUT2D eigenvalue weighted by molar-refractivity contribution is 0.895. The Balaban J connectivity index is 0.00000106. The molecular formula is C14H22NS+. The number of anilines is 1. The minimum atomic E-state index is 1.18. The Morgan fingerprint density at radius 2 is 1.94 bits per heavy atom. The third-order valence-corrected chi connectivity index (χ3v) is 3.44. The molecule has 1 rings (SSSR count). The van der Waals surface area contributed by atoms with Gasteiger partial charge in [0.25, 0.3) is 0 Å². The molecule has 0 aliphatic carbocycles. The van der Waals surface area contributed by atoms with Gasteiger partial charge >= 0.3 is 0 Å². The monoisotopic (exact) mass is 236 g/mol. The van der Waals surface area contributed by atoms with Crippen molar-refractivity contribution in [2.45, 2.75) is 25.5 Å². The smallest absolute Gasteiger partial charge is 0.132 e. The minimum absolute atomic E-state index is 1.18. The summed E-state index contributed by atoms with van der Waals surface area (Å²) in [7, 11) is 1.99. The first-order chi connectivity index (χ1) is 7.88. The number of thiol groups is 1. The molecule has 1 aromatic carbocycles. The third kappa shape index (κ3) is 5.72. The van der Waals surface area contributed by atoms with Gasteiger partial charge in [-0.05, 0) is 24.2 Å². The predicted octanol–water partition coefficient (Wildman–Crippen LogP) is 3.09. The maximum absolute atomic E-state index is 4.00. The Hall–Kier alpha value is -1.07. The Labute approximate surface area is 104 Å². The quantitative estimate of drug-likeness (QED) is 0.346. The van der Waals surface area contributed by atoms with Crippen LogP contribution >= 0.6 is 0 Å². The normalized spacial score (nSPS) is 9.00. The van der Waals surface area contributed by atoms with E-state index in [0.717, 1.165) is 0 Å². The Kier molecular flexibility index (Phi) is 9.75. The van der Waals surface area contributed by atoms with Crippen LogP contribution in [0.2, 0.25) is 0 Å². The highest BCUT2D eigenvalue weighted by atomic mass is 32.2. The Morgan fingerprint density at radius 3 is 2.56 bits per heavy atom. The van der Waals surface area contributed by atoms with Gasteiger partial charge in [-0.25, -0.2) is 0 Å². The lowest BCUT2D eigenvalue weighted by Gasteiger charge is -2.04. The molecule has 0 aliphatic rings. The van der Waals surface area contributed by atoms with E-state index >= 15 is 0 Å². The zero-order valence-corrected chi connectivity index (χ0v) is 11.1. The van der Waals surface area contributed by atoms with Crippen LogP contribution in [0.1, 0.15) is 25.3 Å². The highest BCUT2D eigenvalue weighted by Crippen LogP contribution is 2.15. The van der Waals surface area contributed by atoms with Crippen molar-refractivity contribution in [1.29, 1.82) is 0 Å². The van der Waals surface area contributed by atoms with Gasteiger partial charge in [-0.15, -0.1) is 12.8 Å². The van der Waals surface area contributed by atoms with Crippen LogP contribution in [0.5, 0.6) is 0 Å². The molecule has 1 nitrogen and oxygen atoms in total. The first-order valence-electron chi connectivity index (χ1n) is 5.60. The SMILES string of the molecule is C#C.CCCC[SH+]Cc1ccccc1NC. The van der Waals surface area contributed by atoms with Gasteiger partial charge < -0.3 is 5.32 Å². The average Bonchev–Trinajstić information content (AvgIpc) is 2.37. The van der Waals surface area contributed by atoms with Crippen LogP contribution < -0.4 is 5.32 Å². The first-order valence-corrected chi connectivity index (χ1v) is 6.87. The van der Waals surface area contributed by atoms with Crippen LogP contribution in [0.3, 0.4) is 0 Å². The molecule has 1 aromatic rings. The second-order valence-electron chi connectivity index (χ2n) is 3.37. The Morgan fingerprint density at radius 1 is 1.25 bits per heavy atom. The summed E-state index contributed by atoms with van der Waals surface area (Å²) in [6.07, 6.45) is 10.7. The van der Waals surface area contributed by atoms with Crippen molar-refractivity contribution >= 4 is 17.4 Å². The number of nitrogens with one attached hydrogen (secondary N) is 1. The molecule has 0 heterocycles. The summed E-state index contributed by atoms with van der Waals surface area (Å²) in [5.74, 6) is 2.51. The molecule has 1 N–H and O–H groups in total. The number of benzene rings is 1. The van der Waals surface area contributed by atoms with Gasteiger partial charge in [-0.3, -0.25) is 0 Å². The van der Waals surface area contributed by atoms with Crippen molar-refractivity contribution in [1.82, 2.24) is 0 Å². The van der Waals surface area contributed by atoms with E-state index in [1.165, 1.54) is 35.6 Å². The second-order valence-corrected chi connectivity index (χ2v) is 4.58. The van der Waals surface area contributed by atoms with Crippen LogP contribution in [0.25, 0.3) is 0 Å². The van der Waals surface area contributed by atoms with Crippen molar-refractivity contribution in [3.63, 3.8) is 0 Å². The molecule has 2 heteroatoms. The molecule has 88 valence electrons. The van der Waals surface area contributed by atoms with E-state index in [9.17, 15) is 0 Å². The van der Waals surface area contributed by atoms with Gasteiger partial charge in [0.15, 0.2) is 0 Å². The molecule has 0 aromatic heterocycles. The van der Waals surface area contributed by atoms with Crippen molar-refractivity contribution in [3.05, 3.63) is 29.8 Å². The van der Waals surface area contributed by atoms with E-state index in [-0.39, 0.29) is 0 Å². The van der Waals surface area contributed by atoms with Gasteiger partial charge in [-0.2, -0.15) is 0 Å². The topological polar surface area (TPSA) is 12.0 Å². The zero-order valence-electron chi connectivity index (χ0n) is 10.2. The fourth-order valence-corrected chi connectivity index (χ4v) is 2.59. The molecule has 0 spiro atoms. The fraction of sp³-hybridized carbons (Fsp3) is 0.429.